The highest BCUT2D eigenvalue weighted by molar-refractivity contribution is 5.80. The minimum absolute atomic E-state index is 0.0202. The molecule has 1 unspecified atom stereocenters. The maximum atomic E-state index is 5.08. The van der Waals surface area contributed by atoms with E-state index in [2.05, 4.69) is 74.7 Å². The van der Waals surface area contributed by atoms with E-state index < -0.39 is 0 Å². The Balaban J connectivity index is 1.98. The van der Waals surface area contributed by atoms with Crippen LogP contribution in [0.1, 0.15) is 44.2 Å². The van der Waals surface area contributed by atoms with Gasteiger partial charge in [-0.2, -0.15) is 0 Å². The lowest BCUT2D eigenvalue weighted by atomic mass is 9.89. The van der Waals surface area contributed by atoms with Gasteiger partial charge in [0.25, 0.3) is 0 Å². The summed E-state index contributed by atoms with van der Waals surface area (Å²) >= 11 is 0. The van der Waals surface area contributed by atoms with Crippen LogP contribution in [0, 0.1) is 5.41 Å². The van der Waals surface area contributed by atoms with Crippen LogP contribution in [0.4, 0.5) is 0 Å². The van der Waals surface area contributed by atoms with E-state index in [1.807, 2.05) is 6.07 Å². The summed E-state index contributed by atoms with van der Waals surface area (Å²) in [5, 5.41) is 0. The smallest absolute Gasteiger partial charge is 0.0919 e. The van der Waals surface area contributed by atoms with Crippen molar-refractivity contribution in [1.29, 1.82) is 0 Å². The Kier molecular flexibility index (Phi) is 3.67. The molecule has 0 spiro atoms. The van der Waals surface area contributed by atoms with E-state index in [4.69, 9.17) is 4.99 Å². The Morgan fingerprint density at radius 2 is 1.48 bits per heavy atom. The highest BCUT2D eigenvalue weighted by atomic mass is 15.0. The maximum absolute atomic E-state index is 5.08. The zero-order chi connectivity index (χ0) is 14.8. The molecule has 0 N–H and O–H groups in total. The molecule has 1 heteroatoms. The first-order valence-electron chi connectivity index (χ1n) is 7.92. The van der Waals surface area contributed by atoms with Crippen molar-refractivity contribution in [3.05, 3.63) is 71.8 Å². The molecule has 0 bridgehead atoms. The van der Waals surface area contributed by atoms with Crippen LogP contribution in [0.5, 0.6) is 0 Å². The molecule has 1 aliphatic carbocycles. The van der Waals surface area contributed by atoms with Gasteiger partial charge in [-0.05, 0) is 30.4 Å². The van der Waals surface area contributed by atoms with Crippen LogP contribution in [0.25, 0.3) is 0 Å². The molecule has 21 heavy (non-hydrogen) atoms. The summed E-state index contributed by atoms with van der Waals surface area (Å²) in [7, 11) is 0. The van der Waals surface area contributed by atoms with Gasteiger partial charge in [0.15, 0.2) is 0 Å². The largest absolute Gasteiger partial charge is 0.281 e. The van der Waals surface area contributed by atoms with E-state index in [9.17, 15) is 0 Å². The summed E-state index contributed by atoms with van der Waals surface area (Å²) in [6, 6.07) is 21.2. The lowest BCUT2D eigenvalue weighted by Gasteiger charge is -2.21. The van der Waals surface area contributed by atoms with Gasteiger partial charge in [-0.1, -0.05) is 74.5 Å². The molecule has 2 aromatic carbocycles. The molecule has 1 aliphatic rings. The van der Waals surface area contributed by atoms with Gasteiger partial charge < -0.3 is 0 Å². The second-order valence-electron chi connectivity index (χ2n) is 6.06. The lowest BCUT2D eigenvalue weighted by Crippen LogP contribution is -2.16. The third-order valence-electron chi connectivity index (χ3n) is 5.19. The zero-order valence-corrected chi connectivity index (χ0v) is 12.9. The first-order valence-corrected chi connectivity index (χ1v) is 7.92. The Labute approximate surface area is 127 Å². The van der Waals surface area contributed by atoms with Crippen molar-refractivity contribution in [3.8, 4) is 0 Å². The lowest BCUT2D eigenvalue weighted by molar-refractivity contribution is 0.394. The van der Waals surface area contributed by atoms with Crippen LogP contribution in [0.3, 0.4) is 0 Å². The van der Waals surface area contributed by atoms with Crippen LogP contribution >= 0.6 is 0 Å². The summed E-state index contributed by atoms with van der Waals surface area (Å²) in [5.74, 6) is 0. The van der Waals surface area contributed by atoms with Gasteiger partial charge >= 0.3 is 0 Å². The van der Waals surface area contributed by atoms with Gasteiger partial charge in [0.1, 0.15) is 0 Å². The first kappa shape index (κ1) is 14.1. The quantitative estimate of drug-likeness (QED) is 0.665. The van der Waals surface area contributed by atoms with Gasteiger partial charge in [-0.3, -0.25) is 4.99 Å². The Hall–Kier alpha value is -1.89. The van der Waals surface area contributed by atoms with Crippen LogP contribution in [0.2, 0.25) is 0 Å². The molecule has 0 aliphatic heterocycles. The predicted molar refractivity (Wildman–Crippen MR) is 89.8 cm³/mol. The minimum Gasteiger partial charge on any atom is -0.281 e. The number of nitrogens with zero attached hydrogens (tertiary/aromatic N) is 1. The van der Waals surface area contributed by atoms with Crippen molar-refractivity contribution in [2.24, 2.45) is 10.4 Å². The molecule has 1 saturated carbocycles. The van der Waals surface area contributed by atoms with Crippen LogP contribution in [-0.4, -0.2) is 6.21 Å². The SMILES string of the molecule is CCC1(CC)CC1(N=Cc1ccccc1)c1ccccc1. The number of hydrogen-bond acceptors (Lipinski definition) is 1. The van der Waals surface area contributed by atoms with Gasteiger partial charge in [0.2, 0.25) is 0 Å². The first-order chi connectivity index (χ1) is 10.3. The molecule has 0 saturated heterocycles. The van der Waals surface area contributed by atoms with Crippen molar-refractivity contribution in [1.82, 2.24) is 0 Å². The molecule has 0 radical (unpaired) electrons. The van der Waals surface area contributed by atoms with Crippen LogP contribution in [-0.2, 0) is 5.54 Å². The van der Waals surface area contributed by atoms with Crippen LogP contribution < -0.4 is 0 Å². The van der Waals surface area contributed by atoms with E-state index in [0.717, 1.165) is 0 Å². The summed E-state index contributed by atoms with van der Waals surface area (Å²) in [6.45, 7) is 4.60. The average molecular weight is 277 g/mol. The Morgan fingerprint density at radius 1 is 0.905 bits per heavy atom. The van der Waals surface area contributed by atoms with Crippen molar-refractivity contribution < 1.29 is 0 Å². The molecule has 1 fully saturated rings. The van der Waals surface area contributed by atoms with Gasteiger partial charge in [0, 0.05) is 11.6 Å². The predicted octanol–water partition coefficient (Wildman–Crippen LogP) is 5.21. The van der Waals surface area contributed by atoms with Crippen molar-refractivity contribution in [2.75, 3.05) is 0 Å². The van der Waals surface area contributed by atoms with E-state index in [-0.39, 0.29) is 5.54 Å². The fourth-order valence-corrected chi connectivity index (χ4v) is 3.63. The molecular weight excluding hydrogens is 254 g/mol. The van der Waals surface area contributed by atoms with Crippen molar-refractivity contribution in [2.45, 2.75) is 38.6 Å². The molecule has 3 rings (SSSR count). The topological polar surface area (TPSA) is 12.4 Å². The minimum atomic E-state index is -0.0202. The maximum Gasteiger partial charge on any atom is 0.0919 e. The summed E-state index contributed by atoms with van der Waals surface area (Å²) < 4.78 is 0. The van der Waals surface area contributed by atoms with E-state index in [1.54, 1.807) is 0 Å². The molecule has 1 atom stereocenters. The van der Waals surface area contributed by atoms with E-state index >= 15 is 0 Å². The highest BCUT2D eigenvalue weighted by Gasteiger charge is 2.65. The van der Waals surface area contributed by atoms with Crippen molar-refractivity contribution >= 4 is 6.21 Å². The van der Waals surface area contributed by atoms with E-state index in [0.29, 0.717) is 5.41 Å². The summed E-state index contributed by atoms with van der Waals surface area (Å²) in [4.78, 5) is 5.08. The molecule has 0 aromatic heterocycles. The molecular formula is C20H23N. The number of hydrogen-bond donors (Lipinski definition) is 0. The van der Waals surface area contributed by atoms with Gasteiger partial charge in [0.05, 0.1) is 5.54 Å². The monoisotopic (exact) mass is 277 g/mol. The van der Waals surface area contributed by atoms with Crippen molar-refractivity contribution in [3.63, 3.8) is 0 Å². The Morgan fingerprint density at radius 3 is 2.00 bits per heavy atom. The molecule has 108 valence electrons. The number of aliphatic imine (C=N–C) groups is 1. The van der Waals surface area contributed by atoms with E-state index in [1.165, 1.54) is 30.4 Å². The average Bonchev–Trinajstić information content (AvgIpc) is 3.25. The second kappa shape index (κ2) is 5.48. The summed E-state index contributed by atoms with van der Waals surface area (Å²) in [6.07, 6.45) is 5.59. The molecule has 2 aromatic rings. The fraction of sp³-hybridized carbons (Fsp3) is 0.350. The number of benzene rings is 2. The molecule has 0 heterocycles. The Bertz CT molecular complexity index is 611. The van der Waals surface area contributed by atoms with Crippen LogP contribution in [0.15, 0.2) is 65.7 Å². The highest BCUT2D eigenvalue weighted by Crippen LogP contribution is 2.69. The third-order valence-corrected chi connectivity index (χ3v) is 5.19. The molecule has 0 amide bonds. The molecule has 1 nitrogen and oxygen atoms in total. The zero-order valence-electron chi connectivity index (χ0n) is 12.9. The standard InChI is InChI=1S/C20H23N/c1-3-19(4-2)16-20(19,18-13-9-6-10-14-18)21-15-17-11-7-5-8-12-17/h5-15H,3-4,16H2,1-2H3. The normalized spacial score (nSPS) is 23.3. The third kappa shape index (κ3) is 2.31. The van der Waals surface area contributed by atoms with Gasteiger partial charge in [-0.25, -0.2) is 0 Å². The van der Waals surface area contributed by atoms with Gasteiger partial charge in [-0.15, -0.1) is 0 Å². The second-order valence-corrected chi connectivity index (χ2v) is 6.06. The number of rotatable bonds is 5. The summed E-state index contributed by atoms with van der Waals surface area (Å²) in [5.41, 5.74) is 2.86. The fourth-order valence-electron chi connectivity index (χ4n) is 3.63.